The van der Waals surface area contributed by atoms with Crippen molar-refractivity contribution in [1.29, 1.82) is 0 Å². The van der Waals surface area contributed by atoms with E-state index in [2.05, 4.69) is 26.1 Å². The maximum atomic E-state index is 13.6. The third kappa shape index (κ3) is 5.17. The molecule has 178 valence electrons. The second kappa shape index (κ2) is 10.0. The normalized spacial score (nSPS) is 15.7. The topological polar surface area (TPSA) is 59.9 Å². The van der Waals surface area contributed by atoms with E-state index in [0.29, 0.717) is 22.9 Å². The molecule has 1 aliphatic rings. The van der Waals surface area contributed by atoms with E-state index >= 15 is 0 Å². The van der Waals surface area contributed by atoms with Gasteiger partial charge in [-0.15, -0.1) is 11.3 Å². The standard InChI is InChI=1S/C28H32N2O3S/c1-28(2,3)19-12-15-21-24(16-19)34-27(29-17-18-10-13-20(32-4)14-11-18)25(21)26(31)30-22-8-6-7-9-23(22)33-5/h6-11,13-14,17,19H,12,15-16H2,1-5H3,(H,30,31). The van der Waals surface area contributed by atoms with Crippen LogP contribution in [0.1, 0.15) is 53.6 Å². The molecule has 0 aliphatic heterocycles. The number of nitrogens with one attached hydrogen (secondary N) is 1. The summed E-state index contributed by atoms with van der Waals surface area (Å²) in [7, 11) is 3.26. The average molecular weight is 477 g/mol. The second-order valence-corrected chi connectivity index (χ2v) is 10.8. The molecule has 2 aromatic carbocycles. The van der Waals surface area contributed by atoms with Crippen LogP contribution in [0.5, 0.6) is 11.5 Å². The number of carbonyl (C=O) groups is 1. The van der Waals surface area contributed by atoms with E-state index in [1.54, 1.807) is 25.6 Å². The van der Waals surface area contributed by atoms with E-state index in [-0.39, 0.29) is 11.3 Å². The number of amides is 1. The zero-order chi connectivity index (χ0) is 24.3. The molecule has 1 unspecified atom stereocenters. The summed E-state index contributed by atoms with van der Waals surface area (Å²) in [6.45, 7) is 6.90. The van der Waals surface area contributed by atoms with Gasteiger partial charge in [0.05, 0.1) is 25.5 Å². The highest BCUT2D eigenvalue weighted by Gasteiger charge is 2.33. The summed E-state index contributed by atoms with van der Waals surface area (Å²) in [5.41, 5.74) is 3.66. The molecule has 1 heterocycles. The van der Waals surface area contributed by atoms with Crippen molar-refractivity contribution in [3.05, 3.63) is 70.1 Å². The summed E-state index contributed by atoms with van der Waals surface area (Å²) in [5.74, 6) is 1.88. The molecule has 1 amide bonds. The number of hydrogen-bond acceptors (Lipinski definition) is 5. The van der Waals surface area contributed by atoms with Gasteiger partial charge >= 0.3 is 0 Å². The van der Waals surface area contributed by atoms with Gasteiger partial charge in [0.15, 0.2) is 0 Å². The molecule has 0 fully saturated rings. The Morgan fingerprint density at radius 1 is 1.09 bits per heavy atom. The van der Waals surface area contributed by atoms with Gasteiger partial charge in [-0.1, -0.05) is 32.9 Å². The minimum Gasteiger partial charge on any atom is -0.497 e. The molecule has 1 aliphatic carbocycles. The highest BCUT2D eigenvalue weighted by Crippen LogP contribution is 2.45. The number of anilines is 1. The number of methoxy groups -OCH3 is 2. The molecular formula is C28H32N2O3S. The van der Waals surface area contributed by atoms with Crippen molar-refractivity contribution in [1.82, 2.24) is 0 Å². The van der Waals surface area contributed by atoms with Gasteiger partial charge in [-0.05, 0) is 78.1 Å². The number of nitrogens with zero attached hydrogens (tertiary/aromatic N) is 1. The van der Waals surface area contributed by atoms with Crippen molar-refractivity contribution >= 4 is 34.1 Å². The maximum absolute atomic E-state index is 13.6. The van der Waals surface area contributed by atoms with E-state index in [1.165, 1.54) is 4.88 Å². The molecular weight excluding hydrogens is 444 g/mol. The Morgan fingerprint density at radius 3 is 2.50 bits per heavy atom. The lowest BCUT2D eigenvalue weighted by atomic mass is 9.72. The van der Waals surface area contributed by atoms with Crippen LogP contribution in [0, 0.1) is 11.3 Å². The predicted octanol–water partition coefficient (Wildman–Crippen LogP) is 6.92. The summed E-state index contributed by atoms with van der Waals surface area (Å²) in [4.78, 5) is 19.6. The molecule has 1 atom stereocenters. The number of rotatable bonds is 6. The van der Waals surface area contributed by atoms with E-state index in [9.17, 15) is 4.79 Å². The first-order valence-corrected chi connectivity index (χ1v) is 12.4. The average Bonchev–Trinajstić information content (AvgIpc) is 3.20. The Balaban J connectivity index is 1.70. The Bertz CT molecular complexity index is 1190. The van der Waals surface area contributed by atoms with Gasteiger partial charge in [-0.2, -0.15) is 0 Å². The first-order valence-electron chi connectivity index (χ1n) is 11.6. The van der Waals surface area contributed by atoms with Crippen molar-refractivity contribution in [2.75, 3.05) is 19.5 Å². The van der Waals surface area contributed by atoms with Gasteiger partial charge < -0.3 is 14.8 Å². The van der Waals surface area contributed by atoms with Crippen LogP contribution >= 0.6 is 11.3 Å². The minimum atomic E-state index is -0.141. The molecule has 0 saturated carbocycles. The minimum absolute atomic E-state index is 0.141. The maximum Gasteiger partial charge on any atom is 0.259 e. The van der Waals surface area contributed by atoms with Crippen molar-refractivity contribution in [2.24, 2.45) is 16.3 Å². The number of para-hydroxylation sites is 2. The van der Waals surface area contributed by atoms with Crippen molar-refractivity contribution in [2.45, 2.75) is 40.0 Å². The first-order chi connectivity index (χ1) is 16.3. The lowest BCUT2D eigenvalue weighted by molar-refractivity contribution is 0.102. The summed E-state index contributed by atoms with van der Waals surface area (Å²) < 4.78 is 10.7. The van der Waals surface area contributed by atoms with Gasteiger partial charge in [-0.25, -0.2) is 4.99 Å². The SMILES string of the molecule is COc1ccc(C=Nc2sc3c(c2C(=O)Nc2ccccc2OC)CCC(C(C)(C)C)C3)cc1. The highest BCUT2D eigenvalue weighted by molar-refractivity contribution is 7.16. The number of fused-ring (bicyclic) bond motifs is 1. The predicted molar refractivity (Wildman–Crippen MR) is 140 cm³/mol. The van der Waals surface area contributed by atoms with E-state index in [4.69, 9.17) is 14.5 Å². The number of benzene rings is 2. The molecule has 0 bridgehead atoms. The first kappa shape index (κ1) is 24.0. The number of thiophene rings is 1. The third-order valence-electron chi connectivity index (χ3n) is 6.50. The summed E-state index contributed by atoms with van der Waals surface area (Å²) in [6, 6.07) is 15.2. The Morgan fingerprint density at radius 2 is 1.82 bits per heavy atom. The molecule has 0 saturated heterocycles. The monoisotopic (exact) mass is 476 g/mol. The third-order valence-corrected chi connectivity index (χ3v) is 7.66. The second-order valence-electron chi connectivity index (χ2n) is 9.68. The molecule has 6 heteroatoms. The highest BCUT2D eigenvalue weighted by atomic mass is 32.1. The molecule has 3 aromatic rings. The molecule has 34 heavy (non-hydrogen) atoms. The zero-order valence-electron chi connectivity index (χ0n) is 20.5. The van der Waals surface area contributed by atoms with Gasteiger partial charge in [0, 0.05) is 11.1 Å². The molecule has 1 aromatic heterocycles. The summed E-state index contributed by atoms with van der Waals surface area (Å²) >= 11 is 1.64. The number of hydrogen-bond donors (Lipinski definition) is 1. The van der Waals surface area contributed by atoms with Crippen LogP contribution in [0.4, 0.5) is 10.7 Å². The van der Waals surface area contributed by atoms with Crippen molar-refractivity contribution in [3.8, 4) is 11.5 Å². The fraction of sp³-hybridized carbons (Fsp3) is 0.357. The summed E-state index contributed by atoms with van der Waals surface area (Å²) in [6.07, 6.45) is 4.76. The molecule has 4 rings (SSSR count). The van der Waals surface area contributed by atoms with Crippen molar-refractivity contribution in [3.63, 3.8) is 0 Å². The van der Waals surface area contributed by atoms with Crippen LogP contribution in [0.15, 0.2) is 53.5 Å². The molecule has 1 N–H and O–H groups in total. The number of carbonyl (C=O) groups excluding carboxylic acids is 1. The smallest absolute Gasteiger partial charge is 0.259 e. The van der Waals surface area contributed by atoms with Crippen LogP contribution in [-0.4, -0.2) is 26.3 Å². The van der Waals surface area contributed by atoms with Crippen LogP contribution in [-0.2, 0) is 12.8 Å². The van der Waals surface area contributed by atoms with Gasteiger partial charge in [-0.3, -0.25) is 4.79 Å². The van der Waals surface area contributed by atoms with Gasteiger partial charge in [0.1, 0.15) is 16.5 Å². The van der Waals surface area contributed by atoms with Crippen LogP contribution in [0.2, 0.25) is 0 Å². The van der Waals surface area contributed by atoms with E-state index in [0.717, 1.165) is 41.1 Å². The number of ether oxygens (including phenoxy) is 2. The largest absolute Gasteiger partial charge is 0.497 e. The van der Waals surface area contributed by atoms with E-state index in [1.807, 2.05) is 54.7 Å². The van der Waals surface area contributed by atoms with Crippen LogP contribution in [0.25, 0.3) is 0 Å². The molecule has 5 nitrogen and oxygen atoms in total. The lowest BCUT2D eigenvalue weighted by Gasteiger charge is -2.33. The Hall–Kier alpha value is -3.12. The van der Waals surface area contributed by atoms with Crippen LogP contribution < -0.4 is 14.8 Å². The fourth-order valence-electron chi connectivity index (χ4n) is 4.39. The number of aliphatic imine (C=N–C) groups is 1. The quantitative estimate of drug-likeness (QED) is 0.393. The molecule has 0 spiro atoms. The zero-order valence-corrected chi connectivity index (χ0v) is 21.3. The van der Waals surface area contributed by atoms with Crippen molar-refractivity contribution < 1.29 is 14.3 Å². The summed E-state index contributed by atoms with van der Waals surface area (Å²) in [5, 5.41) is 3.81. The van der Waals surface area contributed by atoms with Gasteiger partial charge in [0.25, 0.3) is 5.91 Å². The lowest BCUT2D eigenvalue weighted by Crippen LogP contribution is -2.27. The Labute approximate surface area is 205 Å². The fourth-order valence-corrected chi connectivity index (χ4v) is 5.66. The van der Waals surface area contributed by atoms with Gasteiger partial charge in [0.2, 0.25) is 0 Å². The van der Waals surface area contributed by atoms with E-state index < -0.39 is 0 Å². The Kier molecular flexibility index (Phi) is 7.08. The molecule has 0 radical (unpaired) electrons. The van der Waals surface area contributed by atoms with Crippen LogP contribution in [0.3, 0.4) is 0 Å².